The summed E-state index contributed by atoms with van der Waals surface area (Å²) in [5, 5.41) is 35.3. The first-order chi connectivity index (χ1) is 20.3. The minimum absolute atomic E-state index is 0.0279. The van der Waals surface area contributed by atoms with Gasteiger partial charge < -0.3 is 25.4 Å². The van der Waals surface area contributed by atoms with Gasteiger partial charge in [0, 0.05) is 24.8 Å². The first-order valence-corrected chi connectivity index (χ1v) is 16.1. The number of carboxylic acids is 1. The normalized spacial score (nSPS) is 40.4. The highest BCUT2D eigenvalue weighted by molar-refractivity contribution is 5.92. The highest BCUT2D eigenvalue weighted by atomic mass is 16.5. The van der Waals surface area contributed by atoms with Crippen LogP contribution in [-0.4, -0.2) is 69.6 Å². The standard InChI is InChI=1S/C33H47NO9/c1-31-13-11-22(35)15-21(31)7-8-23-24-12-14-33(42,32(24,2)16-25(36)29(23)31)26(37)18-43-28(39)10-9-27(38)34-17-19-3-5-20(6-4-19)30(40)41/h15,19-20,23-25,29,36,42H,3-14,16-18H2,1-2H3,(H,34,38)(H,40,41)/t19?,20?,23-,24-,25-,29+,31-,32-,33-/m0/s1. The van der Waals surface area contributed by atoms with Gasteiger partial charge in [0.05, 0.1) is 18.4 Å². The smallest absolute Gasteiger partial charge is 0.306 e. The Labute approximate surface area is 253 Å². The molecule has 5 aliphatic carbocycles. The Kier molecular flexibility index (Phi) is 8.93. The van der Waals surface area contributed by atoms with Crippen LogP contribution in [0.15, 0.2) is 11.6 Å². The molecule has 4 saturated carbocycles. The van der Waals surface area contributed by atoms with Gasteiger partial charge in [-0.05, 0) is 99.4 Å². The molecule has 0 aliphatic heterocycles. The highest BCUT2D eigenvalue weighted by Crippen LogP contribution is 2.67. The summed E-state index contributed by atoms with van der Waals surface area (Å²) in [5.74, 6) is -2.15. The average molecular weight is 602 g/mol. The lowest BCUT2D eigenvalue weighted by atomic mass is 9.45. The van der Waals surface area contributed by atoms with Crippen molar-refractivity contribution >= 4 is 29.4 Å². The van der Waals surface area contributed by atoms with E-state index < -0.39 is 41.4 Å². The molecule has 0 spiro atoms. The number of carbonyl (C=O) groups excluding carboxylic acids is 4. The first-order valence-electron chi connectivity index (χ1n) is 16.1. The Morgan fingerprint density at radius 3 is 2.42 bits per heavy atom. The molecule has 0 unspecified atom stereocenters. The number of aliphatic hydroxyl groups is 2. The molecular weight excluding hydrogens is 554 g/mol. The molecule has 1 amide bonds. The molecule has 0 aromatic carbocycles. The number of ketones is 2. The number of aliphatic hydroxyl groups excluding tert-OH is 1. The van der Waals surface area contributed by atoms with E-state index in [0.29, 0.717) is 38.6 Å². The number of Topliss-reactive ketones (excluding diaryl/α,β-unsaturated/α-hetero) is 1. The number of nitrogens with one attached hydrogen (secondary N) is 1. The summed E-state index contributed by atoms with van der Waals surface area (Å²) in [6, 6.07) is 0. The van der Waals surface area contributed by atoms with Gasteiger partial charge in [-0.2, -0.15) is 0 Å². The van der Waals surface area contributed by atoms with Crippen molar-refractivity contribution in [3.63, 3.8) is 0 Å². The van der Waals surface area contributed by atoms with Crippen LogP contribution < -0.4 is 5.32 Å². The lowest BCUT2D eigenvalue weighted by molar-refractivity contribution is -0.184. The van der Waals surface area contributed by atoms with Crippen molar-refractivity contribution in [3.05, 3.63) is 11.6 Å². The number of carbonyl (C=O) groups is 5. The average Bonchev–Trinajstić information content (AvgIpc) is 3.24. The van der Waals surface area contributed by atoms with Gasteiger partial charge in [0.15, 0.2) is 12.4 Å². The molecule has 4 fully saturated rings. The summed E-state index contributed by atoms with van der Waals surface area (Å²) in [5.41, 5.74) is -1.71. The quantitative estimate of drug-likeness (QED) is 0.290. The maximum Gasteiger partial charge on any atom is 0.306 e. The van der Waals surface area contributed by atoms with Gasteiger partial charge in [0.2, 0.25) is 11.7 Å². The number of aliphatic carboxylic acids is 1. The Hall–Kier alpha value is -2.59. The van der Waals surface area contributed by atoms with Crippen molar-refractivity contribution in [1.82, 2.24) is 5.32 Å². The minimum Gasteiger partial charge on any atom is -0.481 e. The van der Waals surface area contributed by atoms with Crippen LogP contribution in [0.2, 0.25) is 0 Å². The molecule has 43 heavy (non-hydrogen) atoms. The molecule has 0 heterocycles. The fourth-order valence-electron chi connectivity index (χ4n) is 9.66. The van der Waals surface area contributed by atoms with E-state index in [2.05, 4.69) is 12.2 Å². The molecule has 10 nitrogen and oxygen atoms in total. The number of hydrogen-bond acceptors (Lipinski definition) is 8. The number of hydrogen-bond donors (Lipinski definition) is 4. The second-order valence-corrected chi connectivity index (χ2v) is 14.4. The molecule has 238 valence electrons. The zero-order chi connectivity index (χ0) is 31.2. The summed E-state index contributed by atoms with van der Waals surface area (Å²) in [7, 11) is 0. The third kappa shape index (κ3) is 5.81. The molecule has 0 aromatic rings. The van der Waals surface area contributed by atoms with Gasteiger partial charge in [-0.3, -0.25) is 24.0 Å². The van der Waals surface area contributed by atoms with Crippen LogP contribution in [0.3, 0.4) is 0 Å². The molecule has 5 rings (SSSR count). The minimum atomic E-state index is -1.72. The number of ether oxygens (including phenoxy) is 1. The zero-order valence-electron chi connectivity index (χ0n) is 25.4. The van der Waals surface area contributed by atoms with Crippen molar-refractivity contribution in [3.8, 4) is 0 Å². The number of fused-ring (bicyclic) bond motifs is 5. The van der Waals surface area contributed by atoms with E-state index >= 15 is 0 Å². The van der Waals surface area contributed by atoms with E-state index in [1.54, 1.807) is 6.08 Å². The topological polar surface area (TPSA) is 167 Å². The number of allylic oxidation sites excluding steroid dienone is 1. The molecule has 4 N–H and O–H groups in total. The largest absolute Gasteiger partial charge is 0.481 e. The van der Waals surface area contributed by atoms with E-state index in [4.69, 9.17) is 9.84 Å². The molecule has 0 radical (unpaired) electrons. The molecule has 5 aliphatic rings. The maximum atomic E-state index is 13.4. The number of amides is 1. The predicted octanol–water partition coefficient (Wildman–Crippen LogP) is 3.12. The molecule has 0 bridgehead atoms. The molecule has 10 heteroatoms. The lowest BCUT2D eigenvalue weighted by Crippen LogP contribution is -2.62. The van der Waals surface area contributed by atoms with Crippen LogP contribution in [0.5, 0.6) is 0 Å². The summed E-state index contributed by atoms with van der Waals surface area (Å²) < 4.78 is 5.23. The Morgan fingerprint density at radius 2 is 1.72 bits per heavy atom. The van der Waals surface area contributed by atoms with Crippen LogP contribution in [-0.2, 0) is 28.7 Å². The van der Waals surface area contributed by atoms with Gasteiger partial charge in [-0.1, -0.05) is 19.4 Å². The first kappa shape index (κ1) is 31.8. The van der Waals surface area contributed by atoms with Crippen LogP contribution in [0.4, 0.5) is 0 Å². The second-order valence-electron chi connectivity index (χ2n) is 14.4. The third-order valence-corrected chi connectivity index (χ3v) is 12.2. The van der Waals surface area contributed by atoms with Gasteiger partial charge in [0.1, 0.15) is 5.60 Å². The van der Waals surface area contributed by atoms with E-state index in [1.165, 1.54) is 0 Å². The highest BCUT2D eigenvalue weighted by Gasteiger charge is 2.68. The predicted molar refractivity (Wildman–Crippen MR) is 154 cm³/mol. The van der Waals surface area contributed by atoms with Gasteiger partial charge in [-0.25, -0.2) is 0 Å². The maximum absolute atomic E-state index is 13.4. The molecule has 0 aromatic heterocycles. The van der Waals surface area contributed by atoms with Gasteiger partial charge in [-0.15, -0.1) is 0 Å². The van der Waals surface area contributed by atoms with Crippen molar-refractivity contribution in [2.75, 3.05) is 13.2 Å². The van der Waals surface area contributed by atoms with E-state index in [9.17, 15) is 34.2 Å². The van der Waals surface area contributed by atoms with E-state index in [1.807, 2.05) is 6.92 Å². The van der Waals surface area contributed by atoms with Crippen LogP contribution in [0, 0.1) is 40.4 Å². The fourth-order valence-corrected chi connectivity index (χ4v) is 9.66. The van der Waals surface area contributed by atoms with E-state index in [0.717, 1.165) is 31.3 Å². The SMILES string of the molecule is C[C@]12CCC(=O)C=C1CC[C@@H]1[C@@H]2[C@@H](O)C[C@@]2(C)[C@H]1CC[C@]2(O)C(=O)COC(=O)CCC(=O)NCC1CCC(C(=O)O)CC1. The Bertz CT molecular complexity index is 1190. The second kappa shape index (κ2) is 12.1. The van der Waals surface area contributed by atoms with Gasteiger partial charge >= 0.3 is 11.9 Å². The van der Waals surface area contributed by atoms with Crippen LogP contribution in [0.25, 0.3) is 0 Å². The molecular formula is C33H47NO9. The van der Waals surface area contributed by atoms with Crippen molar-refractivity contribution in [2.45, 2.75) is 109 Å². The summed E-state index contributed by atoms with van der Waals surface area (Å²) in [6.07, 6.45) is 7.39. The summed E-state index contributed by atoms with van der Waals surface area (Å²) in [6.45, 7) is 3.91. The zero-order valence-corrected chi connectivity index (χ0v) is 25.4. The monoisotopic (exact) mass is 601 g/mol. The fraction of sp³-hybridized carbons (Fsp3) is 0.788. The number of esters is 1. The lowest BCUT2D eigenvalue weighted by Gasteiger charge is -2.60. The van der Waals surface area contributed by atoms with Crippen molar-refractivity contribution < 1.29 is 44.0 Å². The van der Waals surface area contributed by atoms with Crippen molar-refractivity contribution in [1.29, 1.82) is 0 Å². The third-order valence-electron chi connectivity index (χ3n) is 12.2. The number of rotatable bonds is 9. The van der Waals surface area contributed by atoms with Crippen molar-refractivity contribution in [2.24, 2.45) is 40.4 Å². The number of carboxylic acid groups (broad SMARTS) is 1. The van der Waals surface area contributed by atoms with Crippen LogP contribution >= 0.6 is 0 Å². The Morgan fingerprint density at radius 1 is 1.00 bits per heavy atom. The summed E-state index contributed by atoms with van der Waals surface area (Å²) in [4.78, 5) is 61.3. The Balaban J connectivity index is 1.11. The van der Waals surface area contributed by atoms with Crippen LogP contribution in [0.1, 0.15) is 97.3 Å². The summed E-state index contributed by atoms with van der Waals surface area (Å²) >= 11 is 0. The molecule has 7 atom stereocenters. The molecule has 0 saturated heterocycles. The van der Waals surface area contributed by atoms with Gasteiger partial charge in [0.25, 0.3) is 0 Å². The van der Waals surface area contributed by atoms with E-state index in [-0.39, 0.29) is 72.4 Å².